The van der Waals surface area contributed by atoms with Crippen molar-refractivity contribution in [2.24, 2.45) is 7.05 Å². The van der Waals surface area contributed by atoms with Crippen LogP contribution in [0, 0.1) is 6.92 Å². The molecule has 0 aliphatic carbocycles. The molecule has 2 rings (SSSR count). The van der Waals surface area contributed by atoms with Crippen molar-refractivity contribution >= 4 is 35.2 Å². The zero-order valence-electron chi connectivity index (χ0n) is 16.4. The van der Waals surface area contributed by atoms with Crippen molar-refractivity contribution in [2.45, 2.75) is 39.7 Å². The first-order valence-electron chi connectivity index (χ1n) is 8.98. The van der Waals surface area contributed by atoms with E-state index in [1.807, 2.05) is 13.8 Å². The third-order valence-electron chi connectivity index (χ3n) is 3.98. The molecule has 0 N–H and O–H groups in total. The number of carbonyl (C=O) groups excluding carboxylic acids is 1. The standard InChI is InChI=1S/C20H24Cl2N2O4/c1-6-9-16(20(25)26-8-3)27-17-11-18(15(22)10-14(17)21)28-19-13(7-2)12(4)23-24(19)5/h7,10-11,16H,2,6,8-9H2,1,3-5H3. The normalized spacial score (nSPS) is 11.8. The highest BCUT2D eigenvalue weighted by Crippen LogP contribution is 2.39. The van der Waals surface area contributed by atoms with Crippen molar-refractivity contribution < 1.29 is 19.0 Å². The smallest absolute Gasteiger partial charge is 0.347 e. The van der Waals surface area contributed by atoms with E-state index in [0.29, 0.717) is 23.1 Å². The Hall–Kier alpha value is -2.18. The second-order valence-corrected chi connectivity index (χ2v) is 6.91. The quantitative estimate of drug-likeness (QED) is 0.489. The number of benzene rings is 1. The Balaban J connectivity index is 2.36. The van der Waals surface area contributed by atoms with Gasteiger partial charge in [-0.05, 0) is 26.3 Å². The molecule has 0 saturated heterocycles. The maximum atomic E-state index is 12.2. The lowest BCUT2D eigenvalue weighted by atomic mass is 10.2. The van der Waals surface area contributed by atoms with Crippen LogP contribution in [0.15, 0.2) is 18.7 Å². The Morgan fingerprint density at radius 3 is 2.57 bits per heavy atom. The van der Waals surface area contributed by atoms with Crippen LogP contribution in [0.3, 0.4) is 0 Å². The molecular weight excluding hydrogens is 403 g/mol. The van der Waals surface area contributed by atoms with Crippen molar-refractivity contribution in [1.82, 2.24) is 9.78 Å². The third-order valence-corrected chi connectivity index (χ3v) is 4.57. The SMILES string of the molecule is C=Cc1c(C)nn(C)c1Oc1cc(OC(CCC)C(=O)OCC)c(Cl)cc1Cl. The lowest BCUT2D eigenvalue weighted by Crippen LogP contribution is -2.29. The maximum Gasteiger partial charge on any atom is 0.347 e. The van der Waals surface area contributed by atoms with Gasteiger partial charge in [0, 0.05) is 13.1 Å². The summed E-state index contributed by atoms with van der Waals surface area (Å²) in [6, 6.07) is 3.07. The number of carbonyl (C=O) groups is 1. The zero-order valence-corrected chi connectivity index (χ0v) is 17.9. The van der Waals surface area contributed by atoms with E-state index in [4.69, 9.17) is 37.4 Å². The number of esters is 1. The summed E-state index contributed by atoms with van der Waals surface area (Å²) >= 11 is 12.6. The van der Waals surface area contributed by atoms with E-state index in [0.717, 1.165) is 17.7 Å². The van der Waals surface area contributed by atoms with Crippen molar-refractivity contribution in [3.05, 3.63) is 40.0 Å². The summed E-state index contributed by atoms with van der Waals surface area (Å²) < 4.78 is 18.5. The predicted molar refractivity (Wildman–Crippen MR) is 111 cm³/mol. The fourth-order valence-electron chi connectivity index (χ4n) is 2.67. The summed E-state index contributed by atoms with van der Waals surface area (Å²) in [7, 11) is 1.76. The highest BCUT2D eigenvalue weighted by Gasteiger charge is 2.23. The molecule has 0 bridgehead atoms. The van der Waals surface area contributed by atoms with Crippen molar-refractivity contribution in [2.75, 3.05) is 6.61 Å². The Labute approximate surface area is 175 Å². The van der Waals surface area contributed by atoms with Gasteiger partial charge in [0.2, 0.25) is 5.88 Å². The third kappa shape index (κ3) is 5.00. The summed E-state index contributed by atoms with van der Waals surface area (Å²) in [4.78, 5) is 12.2. The van der Waals surface area contributed by atoms with E-state index < -0.39 is 12.1 Å². The average Bonchev–Trinajstić information content (AvgIpc) is 2.91. The van der Waals surface area contributed by atoms with Crippen LogP contribution in [0.5, 0.6) is 17.4 Å². The molecule has 0 radical (unpaired) electrons. The van der Waals surface area contributed by atoms with Crippen molar-refractivity contribution in [1.29, 1.82) is 0 Å². The highest BCUT2D eigenvalue weighted by molar-refractivity contribution is 6.36. The molecule has 1 atom stereocenters. The first-order valence-corrected chi connectivity index (χ1v) is 9.74. The number of ether oxygens (including phenoxy) is 3. The zero-order chi connectivity index (χ0) is 20.8. The summed E-state index contributed by atoms with van der Waals surface area (Å²) in [5.74, 6) is 0.657. The van der Waals surface area contributed by atoms with Gasteiger partial charge in [-0.2, -0.15) is 5.10 Å². The highest BCUT2D eigenvalue weighted by atomic mass is 35.5. The molecule has 152 valence electrons. The lowest BCUT2D eigenvalue weighted by molar-refractivity contribution is -0.151. The van der Waals surface area contributed by atoms with Gasteiger partial charge in [-0.3, -0.25) is 0 Å². The van der Waals surface area contributed by atoms with Crippen LogP contribution < -0.4 is 9.47 Å². The monoisotopic (exact) mass is 426 g/mol. The molecular formula is C20H24Cl2N2O4. The van der Waals surface area contributed by atoms with Crippen molar-refractivity contribution in [3.63, 3.8) is 0 Å². The number of nitrogens with zero attached hydrogens (tertiary/aromatic N) is 2. The number of aryl methyl sites for hydroxylation is 2. The van der Waals surface area contributed by atoms with Crippen LogP contribution in [0.4, 0.5) is 0 Å². The molecule has 2 aromatic rings. The van der Waals surface area contributed by atoms with Crippen LogP contribution in [-0.4, -0.2) is 28.5 Å². The first-order chi connectivity index (χ1) is 13.3. The first kappa shape index (κ1) is 22.1. The minimum absolute atomic E-state index is 0.271. The fraction of sp³-hybridized carbons (Fsp3) is 0.400. The summed E-state index contributed by atoms with van der Waals surface area (Å²) in [5, 5.41) is 4.89. The molecule has 1 unspecified atom stereocenters. The predicted octanol–water partition coefficient (Wildman–Crippen LogP) is 5.58. The number of halogens is 2. The van der Waals surface area contributed by atoms with Crippen LogP contribution >= 0.6 is 23.2 Å². The van der Waals surface area contributed by atoms with Crippen LogP contribution in [-0.2, 0) is 16.6 Å². The number of hydrogen-bond acceptors (Lipinski definition) is 5. The van der Waals surface area contributed by atoms with Gasteiger partial charge in [-0.1, -0.05) is 49.2 Å². The van der Waals surface area contributed by atoms with Crippen LogP contribution in [0.2, 0.25) is 10.0 Å². The number of hydrogen-bond donors (Lipinski definition) is 0. The Morgan fingerprint density at radius 2 is 1.96 bits per heavy atom. The van der Waals surface area contributed by atoms with Gasteiger partial charge in [-0.25, -0.2) is 9.48 Å². The molecule has 0 spiro atoms. The second kappa shape index (κ2) is 9.85. The topological polar surface area (TPSA) is 62.6 Å². The average molecular weight is 427 g/mol. The van der Waals surface area contributed by atoms with Gasteiger partial charge in [0.1, 0.15) is 5.75 Å². The Kier molecular flexibility index (Phi) is 7.78. The molecule has 1 aromatic carbocycles. The fourth-order valence-corrected chi connectivity index (χ4v) is 3.13. The van der Waals surface area contributed by atoms with Gasteiger partial charge < -0.3 is 14.2 Å². The van der Waals surface area contributed by atoms with E-state index >= 15 is 0 Å². The summed E-state index contributed by atoms with van der Waals surface area (Å²) in [6.07, 6.45) is 2.14. The minimum Gasteiger partial charge on any atom is -0.477 e. The van der Waals surface area contributed by atoms with Gasteiger partial charge in [-0.15, -0.1) is 0 Å². The molecule has 8 heteroatoms. The number of rotatable bonds is 9. The van der Waals surface area contributed by atoms with E-state index in [2.05, 4.69) is 11.7 Å². The minimum atomic E-state index is -0.765. The Bertz CT molecular complexity index is 864. The lowest BCUT2D eigenvalue weighted by Gasteiger charge is -2.19. The molecule has 1 heterocycles. The molecule has 0 amide bonds. The van der Waals surface area contributed by atoms with Gasteiger partial charge >= 0.3 is 5.97 Å². The molecule has 0 aliphatic rings. The van der Waals surface area contributed by atoms with Crippen LogP contribution in [0.1, 0.15) is 37.9 Å². The van der Waals surface area contributed by atoms with E-state index in [9.17, 15) is 4.79 Å². The largest absolute Gasteiger partial charge is 0.477 e. The molecule has 6 nitrogen and oxygen atoms in total. The number of aromatic nitrogens is 2. The van der Waals surface area contributed by atoms with Gasteiger partial charge in [0.25, 0.3) is 0 Å². The molecule has 0 aliphatic heterocycles. The summed E-state index contributed by atoms with van der Waals surface area (Å²) in [6.45, 7) is 9.62. The summed E-state index contributed by atoms with van der Waals surface area (Å²) in [5.41, 5.74) is 1.53. The van der Waals surface area contributed by atoms with Crippen LogP contribution in [0.25, 0.3) is 6.08 Å². The Morgan fingerprint density at radius 1 is 1.29 bits per heavy atom. The second-order valence-electron chi connectivity index (χ2n) is 6.09. The van der Waals surface area contributed by atoms with E-state index in [1.165, 1.54) is 6.07 Å². The van der Waals surface area contributed by atoms with Gasteiger partial charge in [0.05, 0.1) is 27.9 Å². The van der Waals surface area contributed by atoms with Crippen molar-refractivity contribution in [3.8, 4) is 17.4 Å². The molecule has 0 saturated carbocycles. The van der Waals surface area contributed by atoms with E-state index in [1.54, 1.807) is 30.8 Å². The van der Waals surface area contributed by atoms with E-state index in [-0.39, 0.29) is 17.4 Å². The van der Waals surface area contributed by atoms with Gasteiger partial charge in [0.15, 0.2) is 11.9 Å². The maximum absolute atomic E-state index is 12.2. The molecule has 0 fully saturated rings. The molecule has 28 heavy (non-hydrogen) atoms. The molecule has 1 aromatic heterocycles.